The van der Waals surface area contributed by atoms with E-state index in [0.717, 1.165) is 36.1 Å². The van der Waals surface area contributed by atoms with Gasteiger partial charge in [0.05, 0.1) is 18.5 Å². The zero-order valence-corrected chi connectivity index (χ0v) is 14.3. The smallest absolute Gasteiger partial charge is 0.290 e. The molecule has 0 unspecified atom stereocenters. The number of hydrogen-bond donors (Lipinski definition) is 0. The average Bonchev–Trinajstić information content (AvgIpc) is 3.31. The summed E-state index contributed by atoms with van der Waals surface area (Å²) in [5.41, 5.74) is 2.99. The number of aromatic nitrogens is 2. The fraction of sp³-hybridized carbons (Fsp3) is 0.300. The molecule has 5 heteroatoms. The Bertz CT molecular complexity index is 866. The van der Waals surface area contributed by atoms with Crippen LogP contribution in [0.3, 0.4) is 0 Å². The number of nitrogens with zero attached hydrogens (tertiary/aromatic N) is 3. The summed E-state index contributed by atoms with van der Waals surface area (Å²) in [6.07, 6.45) is 7.50. The molecule has 4 rings (SSSR count). The van der Waals surface area contributed by atoms with Crippen molar-refractivity contribution in [3.63, 3.8) is 0 Å². The minimum atomic E-state index is -0.0440. The Kier molecular flexibility index (Phi) is 4.14. The lowest BCUT2D eigenvalue weighted by molar-refractivity contribution is 0.0642. The summed E-state index contributed by atoms with van der Waals surface area (Å²) in [5, 5.41) is 4.42. The summed E-state index contributed by atoms with van der Waals surface area (Å²) in [4.78, 5) is 14.9. The molecule has 3 aromatic rings. The fourth-order valence-electron chi connectivity index (χ4n) is 3.45. The maximum absolute atomic E-state index is 13.0. The van der Waals surface area contributed by atoms with Crippen LogP contribution in [-0.2, 0) is 0 Å². The summed E-state index contributed by atoms with van der Waals surface area (Å²) in [7, 11) is 0. The molecule has 3 heterocycles. The first-order valence-electron chi connectivity index (χ1n) is 8.65. The Morgan fingerprint density at radius 1 is 1.24 bits per heavy atom. The topological polar surface area (TPSA) is 51.3 Å². The predicted molar refractivity (Wildman–Crippen MR) is 95.3 cm³/mol. The minimum Gasteiger partial charge on any atom is -0.459 e. The molecule has 0 bridgehead atoms. The number of rotatable bonds is 3. The van der Waals surface area contributed by atoms with Crippen LogP contribution in [0.25, 0.3) is 11.1 Å². The number of carbonyl (C=O) groups excluding carboxylic acids is 1. The summed E-state index contributed by atoms with van der Waals surface area (Å²) in [5.74, 6) is 0.376. The highest BCUT2D eigenvalue weighted by Gasteiger charge is 2.29. The lowest BCUT2D eigenvalue weighted by Gasteiger charge is -2.32. The molecule has 5 nitrogen and oxygen atoms in total. The summed E-state index contributed by atoms with van der Waals surface area (Å²) < 4.78 is 7.55. The fourth-order valence-corrected chi connectivity index (χ4v) is 3.45. The van der Waals surface area contributed by atoms with Crippen LogP contribution in [0.4, 0.5) is 0 Å². The molecule has 0 aliphatic carbocycles. The van der Waals surface area contributed by atoms with Crippen molar-refractivity contribution in [3.8, 4) is 11.1 Å². The number of carbonyl (C=O) groups is 1. The number of furan rings is 1. The van der Waals surface area contributed by atoms with Crippen molar-refractivity contribution >= 4 is 5.91 Å². The number of aryl methyl sites for hydroxylation is 1. The van der Waals surface area contributed by atoms with Crippen LogP contribution in [0.1, 0.15) is 35.0 Å². The van der Waals surface area contributed by atoms with Crippen molar-refractivity contribution in [2.75, 3.05) is 13.1 Å². The van der Waals surface area contributed by atoms with Gasteiger partial charge in [-0.25, -0.2) is 0 Å². The number of amides is 1. The van der Waals surface area contributed by atoms with Crippen molar-refractivity contribution in [1.29, 1.82) is 0 Å². The first-order chi connectivity index (χ1) is 12.2. The second-order valence-corrected chi connectivity index (χ2v) is 6.57. The van der Waals surface area contributed by atoms with Crippen molar-refractivity contribution in [2.24, 2.45) is 0 Å². The lowest BCUT2D eigenvalue weighted by Crippen LogP contribution is -2.40. The van der Waals surface area contributed by atoms with Gasteiger partial charge in [-0.05, 0) is 37.0 Å². The second-order valence-electron chi connectivity index (χ2n) is 6.57. The average molecular weight is 335 g/mol. The monoisotopic (exact) mass is 335 g/mol. The Labute approximate surface area is 146 Å². The zero-order chi connectivity index (χ0) is 17.2. The van der Waals surface area contributed by atoms with Crippen LogP contribution in [0.2, 0.25) is 0 Å². The number of likely N-dealkylation sites (tertiary alicyclic amines) is 1. The first-order valence-corrected chi connectivity index (χ1v) is 8.65. The zero-order valence-electron chi connectivity index (χ0n) is 14.3. The molecular weight excluding hydrogens is 314 g/mol. The van der Waals surface area contributed by atoms with E-state index in [1.54, 1.807) is 6.26 Å². The van der Waals surface area contributed by atoms with Gasteiger partial charge in [0, 0.05) is 24.8 Å². The highest BCUT2D eigenvalue weighted by molar-refractivity contribution is 5.98. The minimum absolute atomic E-state index is 0.0440. The van der Waals surface area contributed by atoms with Gasteiger partial charge < -0.3 is 9.32 Å². The highest BCUT2D eigenvalue weighted by atomic mass is 16.3. The standard InChI is InChI=1S/C20H21N3O2/c1-15-12-21-23(13-15)17-8-5-10-22(14-17)20(24)19-18(9-11-25-19)16-6-3-2-4-7-16/h2-4,6-7,9,11-13,17H,5,8,10,14H2,1H3/t17-/m0/s1. The van der Waals surface area contributed by atoms with E-state index in [9.17, 15) is 4.79 Å². The molecule has 1 aliphatic heterocycles. The molecule has 25 heavy (non-hydrogen) atoms. The quantitative estimate of drug-likeness (QED) is 0.729. The van der Waals surface area contributed by atoms with Crippen molar-refractivity contribution in [1.82, 2.24) is 14.7 Å². The molecule has 2 aromatic heterocycles. The third-order valence-electron chi connectivity index (χ3n) is 4.73. The van der Waals surface area contributed by atoms with Crippen molar-refractivity contribution in [2.45, 2.75) is 25.8 Å². The highest BCUT2D eigenvalue weighted by Crippen LogP contribution is 2.28. The largest absolute Gasteiger partial charge is 0.459 e. The van der Waals surface area contributed by atoms with E-state index in [1.165, 1.54) is 0 Å². The molecule has 1 aromatic carbocycles. The first kappa shape index (κ1) is 15.7. The molecule has 1 aliphatic rings. The Balaban J connectivity index is 1.56. The molecule has 1 amide bonds. The SMILES string of the molecule is Cc1cnn([C@H]2CCCN(C(=O)c3occc3-c3ccccc3)C2)c1. The molecule has 0 N–H and O–H groups in total. The normalized spacial score (nSPS) is 17.6. The molecule has 0 spiro atoms. The van der Waals surface area contributed by atoms with Gasteiger partial charge in [-0.3, -0.25) is 9.48 Å². The van der Waals surface area contributed by atoms with Crippen molar-refractivity contribution < 1.29 is 9.21 Å². The van der Waals surface area contributed by atoms with E-state index in [0.29, 0.717) is 12.3 Å². The van der Waals surface area contributed by atoms with Crippen LogP contribution in [0.5, 0.6) is 0 Å². The molecule has 1 atom stereocenters. The van der Waals surface area contributed by atoms with Gasteiger partial charge in [0.25, 0.3) is 5.91 Å². The van der Waals surface area contributed by atoms with E-state index in [-0.39, 0.29) is 11.9 Å². The van der Waals surface area contributed by atoms with E-state index >= 15 is 0 Å². The van der Waals surface area contributed by atoms with Crippen LogP contribution in [-0.4, -0.2) is 33.7 Å². The summed E-state index contributed by atoms with van der Waals surface area (Å²) in [6.45, 7) is 3.45. The van der Waals surface area contributed by atoms with Gasteiger partial charge in [0.2, 0.25) is 0 Å². The summed E-state index contributed by atoms with van der Waals surface area (Å²) in [6, 6.07) is 12.0. The Morgan fingerprint density at radius 2 is 2.08 bits per heavy atom. The van der Waals surface area contributed by atoms with Crippen LogP contribution >= 0.6 is 0 Å². The lowest BCUT2D eigenvalue weighted by atomic mass is 10.0. The Hall–Kier alpha value is -2.82. The molecular formula is C20H21N3O2. The maximum Gasteiger partial charge on any atom is 0.290 e. The number of benzene rings is 1. The third kappa shape index (κ3) is 3.09. The third-order valence-corrected chi connectivity index (χ3v) is 4.73. The van der Waals surface area contributed by atoms with Crippen molar-refractivity contribution in [3.05, 3.63) is 66.4 Å². The molecule has 0 radical (unpaired) electrons. The van der Waals surface area contributed by atoms with Gasteiger partial charge >= 0.3 is 0 Å². The molecule has 128 valence electrons. The van der Waals surface area contributed by atoms with Gasteiger partial charge in [0.1, 0.15) is 0 Å². The van der Waals surface area contributed by atoms with E-state index in [2.05, 4.69) is 5.10 Å². The number of hydrogen-bond acceptors (Lipinski definition) is 3. The van der Waals surface area contributed by atoms with Crippen LogP contribution < -0.4 is 0 Å². The van der Waals surface area contributed by atoms with E-state index < -0.39 is 0 Å². The second kappa shape index (κ2) is 6.59. The van der Waals surface area contributed by atoms with Gasteiger partial charge in [-0.1, -0.05) is 30.3 Å². The van der Waals surface area contributed by atoms with E-state index in [1.807, 2.05) is 65.3 Å². The van der Waals surface area contributed by atoms with Gasteiger partial charge in [-0.15, -0.1) is 0 Å². The maximum atomic E-state index is 13.0. The van der Waals surface area contributed by atoms with Crippen LogP contribution in [0, 0.1) is 6.92 Å². The van der Waals surface area contributed by atoms with Crippen LogP contribution in [0.15, 0.2) is 59.5 Å². The summed E-state index contributed by atoms with van der Waals surface area (Å²) >= 11 is 0. The number of piperidine rings is 1. The molecule has 1 fully saturated rings. The molecule has 0 saturated carbocycles. The molecule has 1 saturated heterocycles. The van der Waals surface area contributed by atoms with Gasteiger partial charge in [0.15, 0.2) is 5.76 Å². The van der Waals surface area contributed by atoms with Gasteiger partial charge in [-0.2, -0.15) is 5.10 Å². The Morgan fingerprint density at radius 3 is 2.84 bits per heavy atom. The predicted octanol–water partition coefficient (Wildman–Crippen LogP) is 3.93. The van der Waals surface area contributed by atoms with E-state index in [4.69, 9.17) is 4.42 Å².